The number of hydrogen-bond donors (Lipinski definition) is 2. The third-order valence-electron chi connectivity index (χ3n) is 8.14. The molecule has 4 aliphatic carbocycles. The lowest BCUT2D eigenvalue weighted by Gasteiger charge is -2.61. The Morgan fingerprint density at radius 3 is 2.67 bits per heavy atom. The molecule has 2 N–H and O–H groups in total. The van der Waals surface area contributed by atoms with Crippen LogP contribution in [0.2, 0.25) is 0 Å². The van der Waals surface area contributed by atoms with E-state index in [0.29, 0.717) is 29.1 Å². The van der Waals surface area contributed by atoms with Gasteiger partial charge in [-0.15, -0.1) is 0 Å². The first-order chi connectivity index (χ1) is 9.97. The summed E-state index contributed by atoms with van der Waals surface area (Å²) in [6, 6.07) is 0. The van der Waals surface area contributed by atoms with Crippen LogP contribution in [-0.2, 0) is 0 Å². The Bertz CT molecular complexity index is 458. The van der Waals surface area contributed by atoms with Gasteiger partial charge in [-0.3, -0.25) is 0 Å². The molecule has 0 saturated heterocycles. The fourth-order valence-electron chi connectivity index (χ4n) is 6.84. The van der Waals surface area contributed by atoms with E-state index in [2.05, 4.69) is 19.9 Å². The van der Waals surface area contributed by atoms with Crippen molar-refractivity contribution >= 4 is 0 Å². The second-order valence-electron chi connectivity index (χ2n) is 8.85. The Kier molecular flexibility index (Phi) is 3.11. The molecule has 0 radical (unpaired) electrons. The average Bonchev–Trinajstić information content (AvgIpc) is 2.83. The SMILES string of the molecule is C[C@@]12CCC[C@H]1[C@@H]1C(O)C[C@H]3CC=CC(O)[C@]3(C)[C@H]1CC2. The minimum absolute atomic E-state index is 0.0113. The zero-order valence-corrected chi connectivity index (χ0v) is 13.5. The molecule has 0 heterocycles. The summed E-state index contributed by atoms with van der Waals surface area (Å²) in [5, 5.41) is 21.6. The highest BCUT2D eigenvalue weighted by Gasteiger charge is 2.61. The minimum atomic E-state index is -0.318. The van der Waals surface area contributed by atoms with E-state index in [1.165, 1.54) is 32.1 Å². The van der Waals surface area contributed by atoms with Crippen LogP contribution in [0.3, 0.4) is 0 Å². The van der Waals surface area contributed by atoms with Gasteiger partial charge >= 0.3 is 0 Å². The largest absolute Gasteiger partial charge is 0.393 e. The van der Waals surface area contributed by atoms with Gasteiger partial charge in [0.2, 0.25) is 0 Å². The number of aliphatic hydroxyl groups excluding tert-OH is 2. The maximum Gasteiger partial charge on any atom is 0.0780 e. The first-order valence-corrected chi connectivity index (χ1v) is 8.99. The maximum absolute atomic E-state index is 10.9. The van der Waals surface area contributed by atoms with Gasteiger partial charge in [0, 0.05) is 5.41 Å². The van der Waals surface area contributed by atoms with E-state index in [1.807, 2.05) is 6.08 Å². The van der Waals surface area contributed by atoms with Gasteiger partial charge in [-0.25, -0.2) is 0 Å². The highest BCUT2D eigenvalue weighted by atomic mass is 16.3. The first-order valence-electron chi connectivity index (χ1n) is 8.99. The smallest absolute Gasteiger partial charge is 0.0780 e. The van der Waals surface area contributed by atoms with Crippen molar-refractivity contribution in [2.45, 2.75) is 71.0 Å². The monoisotopic (exact) mass is 290 g/mol. The number of aliphatic hydroxyl groups is 2. The molecule has 21 heavy (non-hydrogen) atoms. The second kappa shape index (κ2) is 4.58. The molecular weight excluding hydrogens is 260 g/mol. The molecule has 0 aromatic heterocycles. The Morgan fingerprint density at radius 1 is 1.05 bits per heavy atom. The number of allylic oxidation sites excluding steroid dienone is 1. The van der Waals surface area contributed by atoms with E-state index in [0.717, 1.165) is 12.8 Å². The molecule has 4 aliphatic rings. The molecule has 3 saturated carbocycles. The fraction of sp³-hybridized carbons (Fsp3) is 0.895. The molecule has 0 amide bonds. The zero-order valence-electron chi connectivity index (χ0n) is 13.5. The second-order valence-corrected chi connectivity index (χ2v) is 8.85. The molecule has 2 nitrogen and oxygen atoms in total. The molecular formula is C19H30O2. The normalized spacial score (nSPS) is 59.2. The minimum Gasteiger partial charge on any atom is -0.393 e. The molecule has 0 aromatic rings. The summed E-state index contributed by atoms with van der Waals surface area (Å²) in [6.45, 7) is 4.77. The molecule has 0 aromatic carbocycles. The maximum atomic E-state index is 10.9. The lowest BCUT2D eigenvalue weighted by atomic mass is 9.45. The lowest BCUT2D eigenvalue weighted by Crippen LogP contribution is -2.60. The average molecular weight is 290 g/mol. The van der Waals surface area contributed by atoms with Crippen LogP contribution in [0.15, 0.2) is 12.2 Å². The summed E-state index contributed by atoms with van der Waals surface area (Å²) < 4.78 is 0. The van der Waals surface area contributed by atoms with E-state index < -0.39 is 0 Å². The Labute approximate surface area is 128 Å². The van der Waals surface area contributed by atoms with Crippen LogP contribution in [0.4, 0.5) is 0 Å². The van der Waals surface area contributed by atoms with E-state index in [-0.39, 0.29) is 17.6 Å². The van der Waals surface area contributed by atoms with Crippen molar-refractivity contribution in [3.05, 3.63) is 12.2 Å². The molecule has 0 bridgehead atoms. The van der Waals surface area contributed by atoms with Crippen molar-refractivity contribution in [3.63, 3.8) is 0 Å². The molecule has 118 valence electrons. The molecule has 0 aliphatic heterocycles. The quantitative estimate of drug-likeness (QED) is 0.670. The topological polar surface area (TPSA) is 40.5 Å². The van der Waals surface area contributed by atoms with Crippen LogP contribution in [0.5, 0.6) is 0 Å². The van der Waals surface area contributed by atoms with Gasteiger partial charge in [-0.1, -0.05) is 32.4 Å². The summed E-state index contributed by atoms with van der Waals surface area (Å²) >= 11 is 0. The van der Waals surface area contributed by atoms with Gasteiger partial charge in [0.1, 0.15) is 0 Å². The van der Waals surface area contributed by atoms with E-state index in [9.17, 15) is 10.2 Å². The third-order valence-corrected chi connectivity index (χ3v) is 8.14. The summed E-state index contributed by atoms with van der Waals surface area (Å²) in [5.74, 6) is 2.07. The van der Waals surface area contributed by atoms with Gasteiger partial charge < -0.3 is 10.2 Å². The number of rotatable bonds is 0. The van der Waals surface area contributed by atoms with Crippen LogP contribution < -0.4 is 0 Å². The van der Waals surface area contributed by atoms with Crippen LogP contribution >= 0.6 is 0 Å². The molecule has 3 fully saturated rings. The van der Waals surface area contributed by atoms with Crippen molar-refractivity contribution in [1.29, 1.82) is 0 Å². The summed E-state index contributed by atoms with van der Waals surface area (Å²) in [4.78, 5) is 0. The van der Waals surface area contributed by atoms with E-state index in [4.69, 9.17) is 0 Å². The Morgan fingerprint density at radius 2 is 1.86 bits per heavy atom. The highest BCUT2D eigenvalue weighted by Crippen LogP contribution is 2.65. The molecule has 0 spiro atoms. The zero-order chi connectivity index (χ0) is 14.8. The molecule has 4 rings (SSSR count). The van der Waals surface area contributed by atoms with Crippen LogP contribution in [0, 0.1) is 34.5 Å². The van der Waals surface area contributed by atoms with Gasteiger partial charge in [0.25, 0.3) is 0 Å². The van der Waals surface area contributed by atoms with Gasteiger partial charge in [-0.2, -0.15) is 0 Å². The first kappa shape index (κ1) is 14.3. The number of hydrogen-bond acceptors (Lipinski definition) is 2. The summed E-state index contributed by atoms with van der Waals surface area (Å²) in [5.41, 5.74) is 0.448. The van der Waals surface area contributed by atoms with E-state index >= 15 is 0 Å². The number of fused-ring (bicyclic) bond motifs is 5. The Balaban J connectivity index is 1.74. The molecule has 8 atom stereocenters. The summed E-state index contributed by atoms with van der Waals surface area (Å²) in [6.07, 6.45) is 12.1. The standard InChI is InChI=1S/C19H30O2/c1-18-9-4-6-13(18)17-14(8-10-18)19(2)12(11-15(17)20)5-3-7-16(19)21/h3,7,12-17,20-21H,4-6,8-11H2,1-2H3/t12-,13+,14+,15?,16?,17+,18+,19+/m1/s1. The van der Waals surface area contributed by atoms with Gasteiger partial charge in [-0.05, 0) is 67.6 Å². The Hall–Kier alpha value is -0.340. The molecule has 2 unspecified atom stereocenters. The van der Waals surface area contributed by atoms with Crippen LogP contribution in [0.25, 0.3) is 0 Å². The van der Waals surface area contributed by atoms with Crippen molar-refractivity contribution in [1.82, 2.24) is 0 Å². The van der Waals surface area contributed by atoms with Crippen molar-refractivity contribution in [2.75, 3.05) is 0 Å². The lowest BCUT2D eigenvalue weighted by molar-refractivity contribution is -0.175. The van der Waals surface area contributed by atoms with Gasteiger partial charge in [0.05, 0.1) is 12.2 Å². The predicted octanol–water partition coefficient (Wildman–Crippen LogP) is 3.53. The summed E-state index contributed by atoms with van der Waals surface area (Å²) in [7, 11) is 0. The van der Waals surface area contributed by atoms with Gasteiger partial charge in [0.15, 0.2) is 0 Å². The van der Waals surface area contributed by atoms with E-state index in [1.54, 1.807) is 0 Å². The van der Waals surface area contributed by atoms with Crippen LogP contribution in [-0.4, -0.2) is 22.4 Å². The van der Waals surface area contributed by atoms with Crippen LogP contribution in [0.1, 0.15) is 58.8 Å². The van der Waals surface area contributed by atoms with Crippen molar-refractivity contribution in [2.24, 2.45) is 34.5 Å². The van der Waals surface area contributed by atoms with Crippen molar-refractivity contribution in [3.8, 4) is 0 Å². The highest BCUT2D eigenvalue weighted by molar-refractivity contribution is 5.16. The van der Waals surface area contributed by atoms with Crippen molar-refractivity contribution < 1.29 is 10.2 Å². The fourth-order valence-corrected chi connectivity index (χ4v) is 6.84. The third kappa shape index (κ3) is 1.78. The predicted molar refractivity (Wildman–Crippen MR) is 83.6 cm³/mol. The molecule has 2 heteroatoms.